The molecule has 0 unspecified atom stereocenters. The van der Waals surface area contributed by atoms with Gasteiger partial charge in [0.25, 0.3) is 0 Å². The highest BCUT2D eigenvalue weighted by molar-refractivity contribution is 7.91. The minimum absolute atomic E-state index is 0.0168. The Kier molecular flexibility index (Phi) is 4.67. The third kappa shape index (κ3) is 3.46. The number of sulfone groups is 1. The standard InChI is InChI=1S/C14H18F2N2O4S2/c15-13-2-1-12(9-14(13)16)24(21,22)18-6-4-17(5-7-18)11-3-8-23(19,20)10-11/h1-2,9,11H,3-8,10H2/p+1/t11-/m0/s1. The Morgan fingerprint density at radius 2 is 1.79 bits per heavy atom. The molecule has 6 nitrogen and oxygen atoms in total. The minimum atomic E-state index is -3.88. The average Bonchev–Trinajstić information content (AvgIpc) is 2.90. The summed E-state index contributed by atoms with van der Waals surface area (Å²) < 4.78 is 75.7. The predicted molar refractivity (Wildman–Crippen MR) is 82.9 cm³/mol. The van der Waals surface area contributed by atoms with Gasteiger partial charge in [-0.2, -0.15) is 4.31 Å². The van der Waals surface area contributed by atoms with E-state index < -0.39 is 31.5 Å². The van der Waals surface area contributed by atoms with E-state index in [4.69, 9.17) is 0 Å². The second-order valence-electron chi connectivity index (χ2n) is 6.24. The van der Waals surface area contributed by atoms with Gasteiger partial charge in [0.15, 0.2) is 21.5 Å². The molecule has 0 amide bonds. The molecule has 0 spiro atoms. The predicted octanol–water partition coefficient (Wildman–Crippen LogP) is -0.959. The van der Waals surface area contributed by atoms with Crippen molar-refractivity contribution in [2.24, 2.45) is 0 Å². The molecule has 0 aromatic heterocycles. The molecular weight excluding hydrogens is 362 g/mol. The van der Waals surface area contributed by atoms with Crippen LogP contribution in [0.3, 0.4) is 0 Å². The average molecular weight is 381 g/mol. The van der Waals surface area contributed by atoms with Crippen molar-refractivity contribution in [2.75, 3.05) is 37.7 Å². The Balaban J connectivity index is 1.68. The molecule has 1 aromatic rings. The Morgan fingerprint density at radius 1 is 1.12 bits per heavy atom. The lowest BCUT2D eigenvalue weighted by molar-refractivity contribution is -0.925. The van der Waals surface area contributed by atoms with Crippen LogP contribution in [0.1, 0.15) is 6.42 Å². The Hall–Kier alpha value is -1.10. The highest BCUT2D eigenvalue weighted by atomic mass is 32.2. The Labute approximate surface area is 140 Å². The fourth-order valence-electron chi connectivity index (χ4n) is 3.33. The molecule has 2 saturated heterocycles. The first-order valence-electron chi connectivity index (χ1n) is 7.69. The second kappa shape index (κ2) is 6.32. The van der Waals surface area contributed by atoms with Gasteiger partial charge in [-0.05, 0) is 18.2 Å². The van der Waals surface area contributed by atoms with Crippen molar-refractivity contribution in [3.8, 4) is 0 Å². The number of hydrogen-bond donors (Lipinski definition) is 1. The van der Waals surface area contributed by atoms with Gasteiger partial charge in [-0.1, -0.05) is 0 Å². The van der Waals surface area contributed by atoms with Crippen LogP contribution in [0.25, 0.3) is 0 Å². The number of hydrogen-bond acceptors (Lipinski definition) is 4. The minimum Gasteiger partial charge on any atom is -0.329 e. The number of piperazine rings is 1. The summed E-state index contributed by atoms with van der Waals surface area (Å²) in [7, 11) is -6.84. The molecule has 2 aliphatic heterocycles. The zero-order valence-electron chi connectivity index (χ0n) is 12.9. The highest BCUT2D eigenvalue weighted by Crippen LogP contribution is 2.18. The van der Waals surface area contributed by atoms with Gasteiger partial charge < -0.3 is 4.90 Å². The molecule has 2 heterocycles. The first-order valence-corrected chi connectivity index (χ1v) is 11.0. The summed E-state index contributed by atoms with van der Waals surface area (Å²) in [5.74, 6) is -1.95. The summed E-state index contributed by atoms with van der Waals surface area (Å²) >= 11 is 0. The number of sulfonamides is 1. The van der Waals surface area contributed by atoms with Crippen molar-refractivity contribution in [1.82, 2.24) is 4.31 Å². The summed E-state index contributed by atoms with van der Waals surface area (Å²) in [4.78, 5) is 0.820. The van der Waals surface area contributed by atoms with Gasteiger partial charge >= 0.3 is 0 Å². The van der Waals surface area contributed by atoms with E-state index in [0.29, 0.717) is 25.6 Å². The first kappa shape index (κ1) is 17.7. The molecule has 10 heteroatoms. The van der Waals surface area contributed by atoms with Crippen molar-refractivity contribution < 1.29 is 30.5 Å². The maximum atomic E-state index is 13.3. The maximum Gasteiger partial charge on any atom is 0.243 e. The van der Waals surface area contributed by atoms with Crippen LogP contribution >= 0.6 is 0 Å². The third-order valence-corrected chi connectivity index (χ3v) is 8.37. The van der Waals surface area contributed by atoms with Crippen LogP contribution in [-0.4, -0.2) is 64.9 Å². The number of nitrogens with one attached hydrogen (secondary N) is 1. The summed E-state index contributed by atoms with van der Waals surface area (Å²) in [6.45, 7) is 1.46. The van der Waals surface area contributed by atoms with E-state index in [9.17, 15) is 25.6 Å². The van der Waals surface area contributed by atoms with Crippen LogP contribution in [0.2, 0.25) is 0 Å². The van der Waals surface area contributed by atoms with Gasteiger partial charge in [-0.15, -0.1) is 0 Å². The van der Waals surface area contributed by atoms with Crippen LogP contribution in [0, 0.1) is 11.6 Å². The van der Waals surface area contributed by atoms with Crippen molar-refractivity contribution >= 4 is 19.9 Å². The van der Waals surface area contributed by atoms with Gasteiger partial charge in [0.2, 0.25) is 10.0 Å². The number of quaternary nitrogens is 1. The molecule has 0 saturated carbocycles. The van der Waals surface area contributed by atoms with E-state index in [1.54, 1.807) is 0 Å². The molecule has 134 valence electrons. The van der Waals surface area contributed by atoms with Crippen molar-refractivity contribution in [1.29, 1.82) is 0 Å². The molecule has 0 aliphatic carbocycles. The van der Waals surface area contributed by atoms with Gasteiger partial charge in [0.05, 0.1) is 36.8 Å². The topological polar surface area (TPSA) is 76.0 Å². The quantitative estimate of drug-likeness (QED) is 0.732. The zero-order valence-corrected chi connectivity index (χ0v) is 14.5. The van der Waals surface area contributed by atoms with Crippen molar-refractivity contribution in [2.45, 2.75) is 17.4 Å². The van der Waals surface area contributed by atoms with Crippen molar-refractivity contribution in [3.63, 3.8) is 0 Å². The Morgan fingerprint density at radius 3 is 2.33 bits per heavy atom. The Bertz CT molecular complexity index is 834. The monoisotopic (exact) mass is 381 g/mol. The van der Waals surface area contributed by atoms with Crippen molar-refractivity contribution in [3.05, 3.63) is 29.8 Å². The van der Waals surface area contributed by atoms with E-state index in [2.05, 4.69) is 0 Å². The van der Waals surface area contributed by atoms with Crippen LogP contribution in [0.5, 0.6) is 0 Å². The van der Waals surface area contributed by atoms with E-state index >= 15 is 0 Å². The fraction of sp³-hybridized carbons (Fsp3) is 0.571. The maximum absolute atomic E-state index is 13.3. The fourth-order valence-corrected chi connectivity index (χ4v) is 6.60. The first-order chi connectivity index (χ1) is 11.2. The molecule has 24 heavy (non-hydrogen) atoms. The molecule has 1 N–H and O–H groups in total. The normalized spacial score (nSPS) is 25.8. The van der Waals surface area contributed by atoms with Crippen LogP contribution < -0.4 is 4.90 Å². The molecule has 1 aromatic carbocycles. The molecule has 2 aliphatic rings. The van der Waals surface area contributed by atoms with E-state index in [1.165, 1.54) is 4.31 Å². The molecule has 2 fully saturated rings. The number of rotatable bonds is 3. The molecule has 0 bridgehead atoms. The summed E-state index contributed by atoms with van der Waals surface area (Å²) in [6, 6.07) is 2.56. The zero-order chi connectivity index (χ0) is 17.5. The van der Waals surface area contributed by atoms with Gasteiger partial charge in [0.1, 0.15) is 11.8 Å². The second-order valence-corrected chi connectivity index (χ2v) is 10.4. The lowest BCUT2D eigenvalue weighted by Crippen LogP contribution is -3.18. The number of benzene rings is 1. The van der Waals surface area contributed by atoms with Crippen LogP contribution in [0.15, 0.2) is 23.1 Å². The number of nitrogens with zero attached hydrogens (tertiary/aromatic N) is 1. The summed E-state index contributed by atoms with van der Waals surface area (Å²) in [6.07, 6.45) is 0.605. The third-order valence-electron chi connectivity index (χ3n) is 4.70. The summed E-state index contributed by atoms with van der Waals surface area (Å²) in [5, 5.41) is 0. The molecule has 1 atom stereocenters. The molecule has 3 rings (SSSR count). The SMILES string of the molecule is O=S1(=O)CC[C@H]([NH+]2CCN(S(=O)(=O)c3ccc(F)c(F)c3)CC2)C1. The van der Waals surface area contributed by atoms with E-state index in [-0.39, 0.29) is 35.5 Å². The molecule has 0 radical (unpaired) electrons. The van der Waals surface area contributed by atoms with Gasteiger partial charge in [-0.3, -0.25) is 0 Å². The molecular formula is C14H19F2N2O4S2+. The van der Waals surface area contributed by atoms with E-state index in [0.717, 1.165) is 17.0 Å². The highest BCUT2D eigenvalue weighted by Gasteiger charge is 2.39. The smallest absolute Gasteiger partial charge is 0.243 e. The lowest BCUT2D eigenvalue weighted by atomic mass is 10.2. The largest absolute Gasteiger partial charge is 0.329 e. The van der Waals surface area contributed by atoms with Gasteiger partial charge in [-0.25, -0.2) is 25.6 Å². The van der Waals surface area contributed by atoms with E-state index in [1.807, 2.05) is 0 Å². The van der Waals surface area contributed by atoms with Crippen LogP contribution in [-0.2, 0) is 19.9 Å². The number of halogens is 2. The van der Waals surface area contributed by atoms with Gasteiger partial charge in [0, 0.05) is 6.42 Å². The lowest BCUT2D eigenvalue weighted by Gasteiger charge is -2.34. The summed E-state index contributed by atoms with van der Waals surface area (Å²) in [5.41, 5.74) is 0. The van der Waals surface area contributed by atoms with Crippen LogP contribution in [0.4, 0.5) is 8.78 Å².